The highest BCUT2D eigenvalue weighted by Crippen LogP contribution is 2.34. The topological polar surface area (TPSA) is 40.9 Å². The number of nitriles is 1. The van der Waals surface area contributed by atoms with Gasteiger partial charge in [-0.2, -0.15) is 5.26 Å². The molecule has 2 rings (SSSR count). The number of hydrogen-bond donors (Lipinski definition) is 0. The first-order valence-corrected chi connectivity index (χ1v) is 5.26. The monoisotopic (exact) mass is 199 g/mol. The van der Waals surface area contributed by atoms with E-state index in [-0.39, 0.29) is 17.6 Å². The first-order chi connectivity index (χ1) is 7.24. The van der Waals surface area contributed by atoms with Gasteiger partial charge in [-0.05, 0) is 25.3 Å². The fraction of sp³-hybridized carbons (Fsp3) is 0.385. The van der Waals surface area contributed by atoms with Crippen molar-refractivity contribution < 1.29 is 4.79 Å². The number of carbonyl (C=O) groups is 1. The molecule has 0 aliphatic heterocycles. The van der Waals surface area contributed by atoms with Crippen LogP contribution in [0, 0.1) is 17.2 Å². The lowest BCUT2D eigenvalue weighted by Gasteiger charge is -2.09. The van der Waals surface area contributed by atoms with Crippen LogP contribution in [0.15, 0.2) is 24.3 Å². The van der Waals surface area contributed by atoms with Crippen molar-refractivity contribution in [2.75, 3.05) is 0 Å². The van der Waals surface area contributed by atoms with Crippen LogP contribution in [-0.2, 0) is 0 Å². The van der Waals surface area contributed by atoms with Gasteiger partial charge in [0.05, 0.1) is 12.0 Å². The van der Waals surface area contributed by atoms with Crippen molar-refractivity contribution in [3.05, 3.63) is 35.4 Å². The van der Waals surface area contributed by atoms with E-state index in [2.05, 4.69) is 6.07 Å². The molecule has 0 amide bonds. The van der Waals surface area contributed by atoms with E-state index >= 15 is 0 Å². The molecule has 0 saturated heterocycles. The SMILES string of the molecule is CC(C#N)c1ccccc1C(=O)C1CC1. The lowest BCUT2D eigenvalue weighted by atomic mass is 9.93. The van der Waals surface area contributed by atoms with E-state index in [1.165, 1.54) is 0 Å². The Morgan fingerprint density at radius 1 is 1.47 bits per heavy atom. The van der Waals surface area contributed by atoms with Crippen molar-refractivity contribution in [2.45, 2.75) is 25.7 Å². The van der Waals surface area contributed by atoms with E-state index in [9.17, 15) is 4.79 Å². The summed E-state index contributed by atoms with van der Waals surface area (Å²) < 4.78 is 0. The van der Waals surface area contributed by atoms with E-state index in [0.717, 1.165) is 24.0 Å². The molecule has 2 nitrogen and oxygen atoms in total. The Morgan fingerprint density at radius 2 is 2.13 bits per heavy atom. The van der Waals surface area contributed by atoms with Crippen LogP contribution in [0.25, 0.3) is 0 Å². The predicted octanol–water partition coefficient (Wildman–Crippen LogP) is 2.91. The summed E-state index contributed by atoms with van der Waals surface area (Å²) in [7, 11) is 0. The van der Waals surface area contributed by atoms with Gasteiger partial charge in [0.25, 0.3) is 0 Å². The highest BCUT2D eigenvalue weighted by Gasteiger charge is 2.31. The smallest absolute Gasteiger partial charge is 0.166 e. The molecule has 0 radical (unpaired) electrons. The summed E-state index contributed by atoms with van der Waals surface area (Å²) in [5.41, 5.74) is 1.62. The first kappa shape index (κ1) is 9.92. The average molecular weight is 199 g/mol. The molecule has 0 aromatic heterocycles. The molecule has 1 atom stereocenters. The lowest BCUT2D eigenvalue weighted by molar-refractivity contribution is 0.0966. The number of hydrogen-bond acceptors (Lipinski definition) is 2. The summed E-state index contributed by atoms with van der Waals surface area (Å²) >= 11 is 0. The minimum absolute atomic E-state index is 0.205. The van der Waals surface area contributed by atoms with Crippen molar-refractivity contribution in [1.29, 1.82) is 5.26 Å². The summed E-state index contributed by atoms with van der Waals surface area (Å²) in [5.74, 6) is 0.230. The zero-order valence-corrected chi connectivity index (χ0v) is 8.73. The van der Waals surface area contributed by atoms with Crippen molar-refractivity contribution in [3.8, 4) is 6.07 Å². The molecule has 1 aliphatic rings. The predicted molar refractivity (Wildman–Crippen MR) is 57.5 cm³/mol. The van der Waals surface area contributed by atoms with Crippen LogP contribution in [0.3, 0.4) is 0 Å². The normalized spacial score (nSPS) is 16.8. The van der Waals surface area contributed by atoms with Gasteiger partial charge in [0, 0.05) is 11.5 Å². The van der Waals surface area contributed by atoms with Crippen molar-refractivity contribution in [3.63, 3.8) is 0 Å². The second kappa shape index (κ2) is 3.86. The molecular weight excluding hydrogens is 186 g/mol. The van der Waals surface area contributed by atoms with Crippen LogP contribution in [0.2, 0.25) is 0 Å². The molecule has 1 saturated carbocycles. The van der Waals surface area contributed by atoms with Gasteiger partial charge in [0.2, 0.25) is 0 Å². The van der Waals surface area contributed by atoms with Gasteiger partial charge >= 0.3 is 0 Å². The largest absolute Gasteiger partial charge is 0.294 e. The Morgan fingerprint density at radius 3 is 2.73 bits per heavy atom. The molecule has 76 valence electrons. The molecule has 1 aromatic carbocycles. The van der Waals surface area contributed by atoms with E-state index in [1.54, 1.807) is 0 Å². The second-order valence-corrected chi connectivity index (χ2v) is 4.08. The number of carbonyl (C=O) groups excluding carboxylic acids is 1. The maximum absolute atomic E-state index is 11.9. The van der Waals surface area contributed by atoms with Gasteiger partial charge in [-0.3, -0.25) is 4.79 Å². The highest BCUT2D eigenvalue weighted by atomic mass is 16.1. The number of ketones is 1. The van der Waals surface area contributed by atoms with E-state index < -0.39 is 0 Å². The molecule has 0 N–H and O–H groups in total. The molecule has 0 bridgehead atoms. The molecule has 0 spiro atoms. The number of benzene rings is 1. The minimum atomic E-state index is -0.205. The fourth-order valence-corrected chi connectivity index (χ4v) is 1.73. The van der Waals surface area contributed by atoms with Gasteiger partial charge in [0.15, 0.2) is 5.78 Å². The Hall–Kier alpha value is -1.62. The lowest BCUT2D eigenvalue weighted by Crippen LogP contribution is -2.07. The van der Waals surface area contributed by atoms with Crippen LogP contribution in [0.1, 0.15) is 41.6 Å². The van der Waals surface area contributed by atoms with Crippen LogP contribution in [-0.4, -0.2) is 5.78 Å². The number of nitrogens with zero attached hydrogens (tertiary/aromatic N) is 1. The molecule has 1 unspecified atom stereocenters. The summed E-state index contributed by atoms with van der Waals surface area (Å²) in [5, 5.41) is 8.89. The molecule has 15 heavy (non-hydrogen) atoms. The maximum atomic E-state index is 11.9. The third-order valence-electron chi connectivity index (χ3n) is 2.83. The number of Topliss-reactive ketones (excluding diaryl/α,β-unsaturated/α-hetero) is 1. The Kier molecular flexibility index (Phi) is 2.55. The average Bonchev–Trinajstić information content (AvgIpc) is 3.11. The molecular formula is C13H13NO. The van der Waals surface area contributed by atoms with Gasteiger partial charge in [0.1, 0.15) is 0 Å². The third kappa shape index (κ3) is 1.92. The number of rotatable bonds is 3. The molecule has 1 aliphatic carbocycles. The zero-order valence-electron chi connectivity index (χ0n) is 8.73. The molecule has 2 heteroatoms. The van der Waals surface area contributed by atoms with E-state index in [4.69, 9.17) is 5.26 Å². The Bertz CT molecular complexity index is 426. The van der Waals surface area contributed by atoms with Crippen LogP contribution in [0.5, 0.6) is 0 Å². The second-order valence-electron chi connectivity index (χ2n) is 4.08. The zero-order chi connectivity index (χ0) is 10.8. The van der Waals surface area contributed by atoms with E-state index in [1.807, 2.05) is 31.2 Å². The van der Waals surface area contributed by atoms with Crippen LogP contribution in [0.4, 0.5) is 0 Å². The quantitative estimate of drug-likeness (QED) is 0.702. The summed E-state index contributed by atoms with van der Waals surface area (Å²) in [6, 6.07) is 9.65. The van der Waals surface area contributed by atoms with Crippen molar-refractivity contribution in [1.82, 2.24) is 0 Å². The molecule has 1 aromatic rings. The first-order valence-electron chi connectivity index (χ1n) is 5.26. The van der Waals surface area contributed by atoms with E-state index in [0.29, 0.717) is 0 Å². The minimum Gasteiger partial charge on any atom is -0.294 e. The molecule has 1 fully saturated rings. The highest BCUT2D eigenvalue weighted by molar-refractivity contribution is 6.00. The van der Waals surface area contributed by atoms with Gasteiger partial charge in [-0.15, -0.1) is 0 Å². The van der Waals surface area contributed by atoms with Gasteiger partial charge in [-0.25, -0.2) is 0 Å². The maximum Gasteiger partial charge on any atom is 0.166 e. The van der Waals surface area contributed by atoms with Crippen LogP contribution < -0.4 is 0 Å². The van der Waals surface area contributed by atoms with Crippen molar-refractivity contribution in [2.24, 2.45) is 5.92 Å². The van der Waals surface area contributed by atoms with Crippen LogP contribution >= 0.6 is 0 Å². The summed E-state index contributed by atoms with van der Waals surface area (Å²) in [6.45, 7) is 1.83. The summed E-state index contributed by atoms with van der Waals surface area (Å²) in [6.07, 6.45) is 2.02. The molecule has 0 heterocycles. The Labute approximate surface area is 89.5 Å². The fourth-order valence-electron chi connectivity index (χ4n) is 1.73. The van der Waals surface area contributed by atoms with Gasteiger partial charge in [-0.1, -0.05) is 24.3 Å². The third-order valence-corrected chi connectivity index (χ3v) is 2.83. The summed E-state index contributed by atoms with van der Waals surface area (Å²) in [4.78, 5) is 11.9. The Balaban J connectivity index is 2.37. The standard InChI is InChI=1S/C13H13NO/c1-9(8-14)11-4-2-3-5-12(11)13(15)10-6-7-10/h2-5,9-10H,6-7H2,1H3. The van der Waals surface area contributed by atoms with Gasteiger partial charge < -0.3 is 0 Å². The van der Waals surface area contributed by atoms with Crippen molar-refractivity contribution >= 4 is 5.78 Å².